The minimum absolute atomic E-state index is 0.0659. The van der Waals surface area contributed by atoms with Gasteiger partial charge in [0.05, 0.1) is 17.1 Å². The third-order valence-electron chi connectivity index (χ3n) is 4.83. The van der Waals surface area contributed by atoms with E-state index in [1.165, 1.54) is 5.69 Å². The average Bonchev–Trinajstić information content (AvgIpc) is 3.24. The predicted molar refractivity (Wildman–Crippen MR) is 116 cm³/mol. The Hall–Kier alpha value is -3.10. The molecular formula is C21H23ClN6O2. The fourth-order valence-corrected chi connectivity index (χ4v) is 3.51. The molecule has 30 heavy (non-hydrogen) atoms. The van der Waals surface area contributed by atoms with Gasteiger partial charge in [-0.05, 0) is 24.3 Å². The van der Waals surface area contributed by atoms with Crippen molar-refractivity contribution in [2.45, 2.75) is 6.61 Å². The zero-order valence-corrected chi connectivity index (χ0v) is 17.2. The number of oxime groups is 1. The second-order valence-corrected chi connectivity index (χ2v) is 7.36. The molecule has 1 aliphatic heterocycles. The summed E-state index contributed by atoms with van der Waals surface area (Å²) < 4.78 is 5.24. The highest BCUT2D eigenvalue weighted by Crippen LogP contribution is 2.25. The molecule has 1 fully saturated rings. The normalized spacial score (nSPS) is 15.4. The minimum Gasteiger partial charge on any atom is -0.386 e. The quantitative estimate of drug-likeness (QED) is 0.352. The lowest BCUT2D eigenvalue weighted by molar-refractivity contribution is 0.120. The van der Waals surface area contributed by atoms with E-state index >= 15 is 0 Å². The van der Waals surface area contributed by atoms with Crippen LogP contribution in [-0.2, 0) is 11.4 Å². The molecule has 0 aliphatic carbocycles. The van der Waals surface area contributed by atoms with Crippen LogP contribution in [0.2, 0.25) is 5.02 Å². The molecule has 4 rings (SSSR count). The number of hydrogen-bond acceptors (Lipinski definition) is 7. The van der Waals surface area contributed by atoms with Crippen LogP contribution in [0.15, 0.2) is 64.3 Å². The van der Waals surface area contributed by atoms with Crippen LogP contribution in [0.3, 0.4) is 0 Å². The van der Waals surface area contributed by atoms with Crippen LogP contribution in [0.5, 0.6) is 0 Å². The van der Waals surface area contributed by atoms with Gasteiger partial charge in [0.2, 0.25) is 5.82 Å². The van der Waals surface area contributed by atoms with E-state index < -0.39 is 0 Å². The smallest absolute Gasteiger partial charge is 0.259 e. The number of benzene rings is 2. The monoisotopic (exact) mass is 426 g/mol. The summed E-state index contributed by atoms with van der Waals surface area (Å²) >= 11 is 6.15. The molecule has 8 nitrogen and oxygen atoms in total. The fourth-order valence-electron chi connectivity index (χ4n) is 3.29. The van der Waals surface area contributed by atoms with Gasteiger partial charge in [-0.2, -0.15) is 4.98 Å². The van der Waals surface area contributed by atoms with Gasteiger partial charge < -0.3 is 20.0 Å². The molecule has 2 heterocycles. The van der Waals surface area contributed by atoms with Gasteiger partial charge in [0.15, 0.2) is 12.4 Å². The molecule has 0 saturated carbocycles. The molecule has 3 aromatic rings. The van der Waals surface area contributed by atoms with Crippen LogP contribution in [0.25, 0.3) is 11.5 Å². The highest BCUT2D eigenvalue weighted by Gasteiger charge is 2.18. The number of halogens is 1. The summed E-state index contributed by atoms with van der Waals surface area (Å²) in [6.07, 6.45) is 0. The Morgan fingerprint density at radius 2 is 1.80 bits per heavy atom. The summed E-state index contributed by atoms with van der Waals surface area (Å²) in [6.45, 7) is 4.35. The maximum Gasteiger partial charge on any atom is 0.259 e. The van der Waals surface area contributed by atoms with Crippen molar-refractivity contribution in [3.8, 4) is 11.5 Å². The highest BCUT2D eigenvalue weighted by molar-refractivity contribution is 6.33. The van der Waals surface area contributed by atoms with Gasteiger partial charge in [0.1, 0.15) is 0 Å². The first kappa shape index (κ1) is 20.2. The Morgan fingerprint density at radius 3 is 2.57 bits per heavy atom. The molecule has 0 amide bonds. The third-order valence-corrected chi connectivity index (χ3v) is 5.16. The molecule has 156 valence electrons. The molecule has 1 aromatic heterocycles. The van der Waals surface area contributed by atoms with Crippen molar-refractivity contribution in [1.82, 2.24) is 15.0 Å². The highest BCUT2D eigenvalue weighted by atomic mass is 35.5. The van der Waals surface area contributed by atoms with Crippen LogP contribution in [0, 0.1) is 0 Å². The molecular weight excluding hydrogens is 404 g/mol. The number of aromatic nitrogens is 2. The van der Waals surface area contributed by atoms with Gasteiger partial charge in [-0.15, -0.1) is 0 Å². The standard InChI is InChI=1S/C21H23ClN6O2/c22-18-9-5-4-8-17(18)21-24-20(26-30-21)15-29-25-19(23)14-27-10-12-28(13-11-27)16-6-2-1-3-7-16/h1-9H,10-15H2,(H2,23,25). The SMILES string of the molecule is N/C(CN1CCN(c2ccccc2)CC1)=N/OCc1noc(-c2ccccc2Cl)n1. The zero-order chi connectivity index (χ0) is 20.8. The number of nitrogens with zero attached hydrogens (tertiary/aromatic N) is 5. The maximum absolute atomic E-state index is 6.15. The second-order valence-electron chi connectivity index (χ2n) is 6.95. The summed E-state index contributed by atoms with van der Waals surface area (Å²) in [5.74, 6) is 1.13. The molecule has 2 N–H and O–H groups in total. The van der Waals surface area contributed by atoms with Crippen LogP contribution >= 0.6 is 11.6 Å². The van der Waals surface area contributed by atoms with Gasteiger partial charge in [-0.3, -0.25) is 4.90 Å². The zero-order valence-electron chi connectivity index (χ0n) is 16.4. The average molecular weight is 427 g/mol. The van der Waals surface area contributed by atoms with Crippen molar-refractivity contribution >= 4 is 23.1 Å². The maximum atomic E-state index is 6.15. The van der Waals surface area contributed by atoms with E-state index in [2.05, 4.69) is 49.4 Å². The van der Waals surface area contributed by atoms with E-state index in [1.807, 2.05) is 24.3 Å². The Morgan fingerprint density at radius 1 is 1.07 bits per heavy atom. The Kier molecular flexibility index (Phi) is 6.46. The lowest BCUT2D eigenvalue weighted by Gasteiger charge is -2.35. The summed E-state index contributed by atoms with van der Waals surface area (Å²) in [5.41, 5.74) is 7.94. The topological polar surface area (TPSA) is 93.0 Å². The van der Waals surface area contributed by atoms with Crippen molar-refractivity contribution in [2.24, 2.45) is 10.9 Å². The molecule has 0 radical (unpaired) electrons. The Bertz CT molecular complexity index is 986. The lowest BCUT2D eigenvalue weighted by Crippen LogP contribution is -2.49. The number of anilines is 1. The van der Waals surface area contributed by atoms with Crippen LogP contribution in [0.4, 0.5) is 5.69 Å². The number of piperazine rings is 1. The summed E-state index contributed by atoms with van der Waals surface area (Å²) in [5, 5.41) is 8.41. The number of amidine groups is 1. The molecule has 0 unspecified atom stereocenters. The first-order chi connectivity index (χ1) is 14.7. The summed E-state index contributed by atoms with van der Waals surface area (Å²) in [6, 6.07) is 17.7. The van der Waals surface area contributed by atoms with E-state index in [0.717, 1.165) is 26.2 Å². The van der Waals surface area contributed by atoms with Crippen molar-refractivity contribution in [2.75, 3.05) is 37.6 Å². The Labute approximate surface area is 179 Å². The summed E-state index contributed by atoms with van der Waals surface area (Å²) in [4.78, 5) is 14.2. The molecule has 2 aromatic carbocycles. The Balaban J connectivity index is 1.23. The van der Waals surface area contributed by atoms with E-state index in [-0.39, 0.29) is 6.61 Å². The van der Waals surface area contributed by atoms with Gasteiger partial charge in [0, 0.05) is 31.9 Å². The molecule has 0 spiro atoms. The number of para-hydroxylation sites is 1. The minimum atomic E-state index is 0.0659. The predicted octanol–water partition coefficient (Wildman–Crippen LogP) is 3.00. The number of hydrogen-bond donors (Lipinski definition) is 1. The van der Waals surface area contributed by atoms with Crippen molar-refractivity contribution in [3.63, 3.8) is 0 Å². The van der Waals surface area contributed by atoms with Crippen molar-refractivity contribution in [3.05, 3.63) is 65.4 Å². The number of nitrogens with two attached hydrogens (primary N) is 1. The van der Waals surface area contributed by atoms with Crippen LogP contribution < -0.4 is 10.6 Å². The largest absolute Gasteiger partial charge is 0.386 e. The molecule has 9 heteroatoms. The van der Waals surface area contributed by atoms with Gasteiger partial charge in [-0.1, -0.05) is 52.2 Å². The van der Waals surface area contributed by atoms with Crippen LogP contribution in [0.1, 0.15) is 5.82 Å². The summed E-state index contributed by atoms with van der Waals surface area (Å²) in [7, 11) is 0. The molecule has 0 bridgehead atoms. The third kappa shape index (κ3) is 5.08. The molecule has 1 aliphatic rings. The van der Waals surface area contributed by atoms with E-state index in [9.17, 15) is 0 Å². The van der Waals surface area contributed by atoms with Crippen molar-refractivity contribution < 1.29 is 9.36 Å². The van der Waals surface area contributed by atoms with E-state index in [4.69, 9.17) is 26.7 Å². The van der Waals surface area contributed by atoms with Crippen LogP contribution in [-0.4, -0.2) is 53.6 Å². The number of rotatable bonds is 7. The van der Waals surface area contributed by atoms with Crippen molar-refractivity contribution in [1.29, 1.82) is 0 Å². The van der Waals surface area contributed by atoms with E-state index in [0.29, 0.717) is 34.7 Å². The fraction of sp³-hybridized carbons (Fsp3) is 0.286. The second kappa shape index (κ2) is 9.60. The molecule has 0 atom stereocenters. The van der Waals surface area contributed by atoms with Gasteiger partial charge in [0.25, 0.3) is 5.89 Å². The first-order valence-electron chi connectivity index (χ1n) is 9.73. The lowest BCUT2D eigenvalue weighted by atomic mass is 10.2. The molecule has 1 saturated heterocycles. The van der Waals surface area contributed by atoms with Gasteiger partial charge >= 0.3 is 0 Å². The van der Waals surface area contributed by atoms with Gasteiger partial charge in [-0.25, -0.2) is 0 Å². The van der Waals surface area contributed by atoms with E-state index in [1.54, 1.807) is 6.07 Å². The first-order valence-corrected chi connectivity index (χ1v) is 10.1.